The Morgan fingerprint density at radius 3 is 2.03 bits per heavy atom. The summed E-state index contributed by atoms with van der Waals surface area (Å²) >= 11 is 0. The van der Waals surface area contributed by atoms with Gasteiger partial charge in [0.1, 0.15) is 0 Å². The van der Waals surface area contributed by atoms with Gasteiger partial charge in [0.2, 0.25) is 5.91 Å². The third kappa shape index (κ3) is 4.95. The molecule has 2 aromatic carbocycles. The van der Waals surface area contributed by atoms with Crippen molar-refractivity contribution in [2.75, 3.05) is 0 Å². The summed E-state index contributed by atoms with van der Waals surface area (Å²) in [6.07, 6.45) is -6.82. The molecule has 2 atom stereocenters. The lowest BCUT2D eigenvalue weighted by Gasteiger charge is -2.44. The molecule has 1 fully saturated rings. The summed E-state index contributed by atoms with van der Waals surface area (Å²) in [4.78, 5) is 28.3. The van der Waals surface area contributed by atoms with Crippen molar-refractivity contribution >= 4 is 11.8 Å². The first-order chi connectivity index (χ1) is 16.8. The van der Waals surface area contributed by atoms with Gasteiger partial charge in [-0.15, -0.1) is 0 Å². The van der Waals surface area contributed by atoms with E-state index >= 15 is 0 Å². The van der Waals surface area contributed by atoms with Crippen LogP contribution in [0.25, 0.3) is 0 Å². The van der Waals surface area contributed by atoms with Gasteiger partial charge >= 0.3 is 12.4 Å². The van der Waals surface area contributed by atoms with Crippen molar-refractivity contribution in [3.05, 3.63) is 70.3 Å². The van der Waals surface area contributed by atoms with Gasteiger partial charge in [0.15, 0.2) is 0 Å². The van der Waals surface area contributed by atoms with E-state index in [0.717, 1.165) is 25.7 Å². The summed E-state index contributed by atoms with van der Waals surface area (Å²) in [6, 6.07) is 5.43. The number of nitrogens with zero attached hydrogens (tertiary/aromatic N) is 1. The van der Waals surface area contributed by atoms with Crippen molar-refractivity contribution in [3.8, 4) is 0 Å². The zero-order chi connectivity index (χ0) is 26.4. The molecule has 2 unspecified atom stereocenters. The minimum absolute atomic E-state index is 0.0510. The number of carbonyl (C=O) groups excluding carboxylic acids is 2. The number of benzene rings is 2. The third-order valence-electron chi connectivity index (χ3n) is 6.87. The van der Waals surface area contributed by atoms with Gasteiger partial charge in [0.05, 0.1) is 23.1 Å². The highest BCUT2D eigenvalue weighted by atomic mass is 19.4. The van der Waals surface area contributed by atoms with Gasteiger partial charge in [-0.2, -0.15) is 26.3 Å². The molecule has 0 spiro atoms. The average molecular weight is 512 g/mol. The fourth-order valence-electron chi connectivity index (χ4n) is 5.26. The average Bonchev–Trinajstić information content (AvgIpc) is 3.30. The van der Waals surface area contributed by atoms with Crippen LogP contribution < -0.4 is 5.32 Å². The number of alkyl halides is 6. The van der Waals surface area contributed by atoms with Gasteiger partial charge in [0, 0.05) is 17.6 Å². The number of carbonyl (C=O) groups is 2. The molecule has 0 radical (unpaired) electrons. The van der Waals surface area contributed by atoms with Crippen LogP contribution in [0.5, 0.6) is 0 Å². The van der Waals surface area contributed by atoms with Crippen LogP contribution in [0.3, 0.4) is 0 Å². The smallest absolute Gasteiger partial charge is 0.353 e. The maximum absolute atomic E-state index is 13.7. The number of nitrogens with one attached hydrogen (secondary N) is 1. The van der Waals surface area contributed by atoms with E-state index in [9.17, 15) is 35.9 Å². The number of halogens is 6. The van der Waals surface area contributed by atoms with Gasteiger partial charge in [0.25, 0.3) is 5.91 Å². The molecular formula is C26H26F6N2O2. The van der Waals surface area contributed by atoms with Gasteiger partial charge in [-0.05, 0) is 62.1 Å². The van der Waals surface area contributed by atoms with Crippen LogP contribution in [0.15, 0.2) is 42.5 Å². The minimum atomic E-state index is -5.06. The molecule has 194 valence electrons. The predicted molar refractivity (Wildman–Crippen MR) is 120 cm³/mol. The van der Waals surface area contributed by atoms with E-state index in [2.05, 4.69) is 5.32 Å². The van der Waals surface area contributed by atoms with E-state index in [1.165, 1.54) is 17.0 Å². The molecule has 2 aliphatic rings. The highest BCUT2D eigenvalue weighted by Crippen LogP contribution is 2.46. The van der Waals surface area contributed by atoms with Gasteiger partial charge in [-0.3, -0.25) is 9.59 Å². The molecule has 1 saturated carbocycles. The molecule has 4 rings (SSSR count). The van der Waals surface area contributed by atoms with Crippen LogP contribution in [0.1, 0.15) is 84.1 Å². The Labute approximate surface area is 204 Å². The van der Waals surface area contributed by atoms with Crippen molar-refractivity contribution in [1.82, 2.24) is 10.2 Å². The van der Waals surface area contributed by atoms with Gasteiger partial charge in [-0.25, -0.2) is 0 Å². The van der Waals surface area contributed by atoms with Crippen molar-refractivity contribution in [2.24, 2.45) is 0 Å². The fraction of sp³-hybridized carbons (Fsp3) is 0.462. The normalized spacial score (nSPS) is 21.1. The first-order valence-corrected chi connectivity index (χ1v) is 11.8. The maximum Gasteiger partial charge on any atom is 0.416 e. The second-order valence-electron chi connectivity index (χ2n) is 9.65. The number of hydrogen-bond acceptors (Lipinski definition) is 2. The first-order valence-electron chi connectivity index (χ1n) is 11.8. The van der Waals surface area contributed by atoms with Crippen molar-refractivity contribution < 1.29 is 35.9 Å². The van der Waals surface area contributed by atoms with Crippen molar-refractivity contribution in [1.29, 1.82) is 0 Å². The molecule has 0 bridgehead atoms. The maximum atomic E-state index is 13.7. The first kappa shape index (κ1) is 26.0. The highest BCUT2D eigenvalue weighted by Gasteiger charge is 2.47. The van der Waals surface area contributed by atoms with E-state index in [1.54, 1.807) is 26.0 Å². The molecule has 1 N–H and O–H groups in total. The molecule has 36 heavy (non-hydrogen) atoms. The van der Waals surface area contributed by atoms with Crippen LogP contribution in [0.4, 0.5) is 26.3 Å². The number of hydrogen-bond donors (Lipinski definition) is 1. The van der Waals surface area contributed by atoms with E-state index < -0.39 is 53.3 Å². The topological polar surface area (TPSA) is 49.4 Å². The largest absolute Gasteiger partial charge is 0.416 e. The van der Waals surface area contributed by atoms with E-state index in [4.69, 9.17) is 0 Å². The summed E-state index contributed by atoms with van der Waals surface area (Å²) in [7, 11) is 0. The standard InChI is InChI=1S/C26H26F6N2O2/c1-14(2)34-22(15-11-16(25(27,28)29)13-17(12-15)26(30,31)32)21(23(35)33-18-7-3-4-8-18)19-9-5-6-10-20(19)24(34)36/h5-6,9-14,18,21-22H,3-4,7-8H2,1-2H3,(H,33,35). The van der Waals surface area contributed by atoms with E-state index in [1.807, 2.05) is 0 Å². The lowest BCUT2D eigenvalue weighted by atomic mass is 9.77. The molecule has 1 aliphatic heterocycles. The summed E-state index contributed by atoms with van der Waals surface area (Å²) in [5, 5.41) is 2.93. The number of rotatable bonds is 4. The van der Waals surface area contributed by atoms with E-state index in [-0.39, 0.29) is 28.8 Å². The lowest BCUT2D eigenvalue weighted by Crippen LogP contribution is -2.51. The Bertz CT molecular complexity index is 1120. The van der Waals surface area contributed by atoms with Gasteiger partial charge in [-0.1, -0.05) is 31.0 Å². The van der Waals surface area contributed by atoms with E-state index in [0.29, 0.717) is 12.1 Å². The lowest BCUT2D eigenvalue weighted by molar-refractivity contribution is -0.143. The Morgan fingerprint density at radius 1 is 0.944 bits per heavy atom. The Kier molecular flexibility index (Phi) is 6.83. The second kappa shape index (κ2) is 9.44. The molecular weight excluding hydrogens is 486 g/mol. The number of amides is 2. The second-order valence-corrected chi connectivity index (χ2v) is 9.65. The van der Waals surface area contributed by atoms with Crippen LogP contribution in [-0.4, -0.2) is 28.8 Å². The highest BCUT2D eigenvalue weighted by molar-refractivity contribution is 6.01. The summed E-state index contributed by atoms with van der Waals surface area (Å²) in [5.74, 6) is -2.27. The summed E-state index contributed by atoms with van der Waals surface area (Å²) in [6.45, 7) is 3.23. The Balaban J connectivity index is 1.95. The van der Waals surface area contributed by atoms with Gasteiger partial charge < -0.3 is 10.2 Å². The monoisotopic (exact) mass is 512 g/mol. The molecule has 4 nitrogen and oxygen atoms in total. The molecule has 2 aromatic rings. The van der Waals surface area contributed by atoms with Crippen molar-refractivity contribution in [3.63, 3.8) is 0 Å². The third-order valence-corrected chi connectivity index (χ3v) is 6.87. The predicted octanol–water partition coefficient (Wildman–Crippen LogP) is 6.47. The molecule has 10 heteroatoms. The Morgan fingerprint density at radius 2 is 1.50 bits per heavy atom. The molecule has 2 amide bonds. The zero-order valence-corrected chi connectivity index (χ0v) is 19.7. The van der Waals surface area contributed by atoms with Crippen LogP contribution in [0.2, 0.25) is 0 Å². The number of fused-ring (bicyclic) bond motifs is 1. The Hall–Kier alpha value is -3.04. The summed E-state index contributed by atoms with van der Waals surface area (Å²) in [5.41, 5.74) is -2.88. The molecule has 0 aromatic heterocycles. The SMILES string of the molecule is CC(C)N1C(=O)c2ccccc2C(C(=O)NC2CCCC2)C1c1cc(C(F)(F)F)cc(C(F)(F)F)c1. The van der Waals surface area contributed by atoms with Crippen LogP contribution in [-0.2, 0) is 17.1 Å². The van der Waals surface area contributed by atoms with Crippen molar-refractivity contribution in [2.45, 2.75) is 75.9 Å². The quantitative estimate of drug-likeness (QED) is 0.478. The zero-order valence-electron chi connectivity index (χ0n) is 19.7. The minimum Gasteiger partial charge on any atom is -0.353 e. The molecule has 0 saturated heterocycles. The fourth-order valence-corrected chi connectivity index (χ4v) is 5.26. The summed E-state index contributed by atoms with van der Waals surface area (Å²) < 4.78 is 82.0. The molecule has 1 heterocycles. The molecule has 1 aliphatic carbocycles. The van der Waals surface area contributed by atoms with Crippen LogP contribution >= 0.6 is 0 Å². The van der Waals surface area contributed by atoms with Crippen LogP contribution in [0, 0.1) is 0 Å².